The zero-order valence-electron chi connectivity index (χ0n) is 11.6. The van der Waals surface area contributed by atoms with Gasteiger partial charge in [-0.05, 0) is 32.0 Å². The molecule has 1 aromatic carbocycles. The normalized spacial score (nSPS) is 10.7. The molecule has 7 heteroatoms. The average molecular weight is 356 g/mol. The fraction of sp³-hybridized carbons (Fsp3) is 0.286. The number of ether oxygens (including phenoxy) is 1. The van der Waals surface area contributed by atoms with Gasteiger partial charge in [-0.15, -0.1) is 0 Å². The number of hydrogen-bond acceptors (Lipinski definition) is 3. The zero-order valence-corrected chi connectivity index (χ0v) is 13.2. The minimum Gasteiger partial charge on any atom is -0.481 e. The number of carbonyl (C=O) groups is 1. The van der Waals surface area contributed by atoms with Crippen LogP contribution < -0.4 is 10.1 Å². The van der Waals surface area contributed by atoms with Crippen molar-refractivity contribution in [3.63, 3.8) is 0 Å². The van der Waals surface area contributed by atoms with Crippen LogP contribution in [0.2, 0.25) is 0 Å². The first kappa shape index (κ1) is 15.5. The Hall–Kier alpha value is -1.89. The van der Waals surface area contributed by atoms with Crippen molar-refractivity contribution in [3.8, 4) is 5.75 Å². The third-order valence-electron chi connectivity index (χ3n) is 2.68. The maximum absolute atomic E-state index is 13.5. The molecule has 1 aromatic heterocycles. The highest BCUT2D eigenvalue weighted by Crippen LogP contribution is 2.21. The molecule has 0 spiro atoms. The Morgan fingerprint density at radius 2 is 2.24 bits per heavy atom. The van der Waals surface area contributed by atoms with E-state index >= 15 is 0 Å². The summed E-state index contributed by atoms with van der Waals surface area (Å²) in [5.41, 5.74) is 0. The molecule has 21 heavy (non-hydrogen) atoms. The van der Waals surface area contributed by atoms with E-state index in [1.807, 2.05) is 13.8 Å². The topological polar surface area (TPSA) is 56.2 Å². The first-order valence-electron chi connectivity index (χ1n) is 6.38. The standard InChI is InChI=1S/C14H15BrFN3O2/c1-9(2)19-13(5-6-17-19)18-14(20)8-21-12-4-3-10(15)7-11(12)16/h3-7,9H,8H2,1-2H3,(H,18,20). The number of anilines is 1. The lowest BCUT2D eigenvalue weighted by Gasteiger charge is -2.12. The van der Waals surface area contributed by atoms with Gasteiger partial charge in [0.05, 0.1) is 6.20 Å². The molecule has 0 aliphatic heterocycles. The Bertz CT molecular complexity index is 643. The molecular formula is C14H15BrFN3O2. The van der Waals surface area contributed by atoms with Crippen molar-refractivity contribution < 1.29 is 13.9 Å². The van der Waals surface area contributed by atoms with Crippen molar-refractivity contribution >= 4 is 27.7 Å². The van der Waals surface area contributed by atoms with Crippen molar-refractivity contribution in [2.75, 3.05) is 11.9 Å². The monoisotopic (exact) mass is 355 g/mol. The Balaban J connectivity index is 1.94. The molecular weight excluding hydrogens is 341 g/mol. The van der Waals surface area contributed by atoms with Gasteiger partial charge in [-0.2, -0.15) is 5.10 Å². The van der Waals surface area contributed by atoms with Gasteiger partial charge in [0.1, 0.15) is 5.82 Å². The molecule has 0 aliphatic carbocycles. The number of rotatable bonds is 5. The molecule has 0 saturated heterocycles. The van der Waals surface area contributed by atoms with Crippen molar-refractivity contribution in [1.29, 1.82) is 0 Å². The summed E-state index contributed by atoms with van der Waals surface area (Å²) in [5, 5.41) is 6.78. The molecule has 0 atom stereocenters. The quantitative estimate of drug-likeness (QED) is 0.894. The van der Waals surface area contributed by atoms with Gasteiger partial charge in [-0.3, -0.25) is 4.79 Å². The molecule has 112 valence electrons. The molecule has 0 radical (unpaired) electrons. The van der Waals surface area contributed by atoms with Crippen LogP contribution in [-0.2, 0) is 4.79 Å². The number of nitrogens with one attached hydrogen (secondary N) is 1. The molecule has 0 saturated carbocycles. The fourth-order valence-corrected chi connectivity index (χ4v) is 2.07. The summed E-state index contributed by atoms with van der Waals surface area (Å²) < 4.78 is 21.0. The Labute approximate surface area is 130 Å². The summed E-state index contributed by atoms with van der Waals surface area (Å²) in [6.07, 6.45) is 1.60. The van der Waals surface area contributed by atoms with Gasteiger partial charge in [0.25, 0.3) is 5.91 Å². The SMILES string of the molecule is CC(C)n1nccc1NC(=O)COc1ccc(Br)cc1F. The van der Waals surface area contributed by atoms with E-state index in [9.17, 15) is 9.18 Å². The molecule has 5 nitrogen and oxygen atoms in total. The maximum atomic E-state index is 13.5. The lowest BCUT2D eigenvalue weighted by molar-refractivity contribution is -0.118. The van der Waals surface area contributed by atoms with Gasteiger partial charge in [0.15, 0.2) is 18.2 Å². The van der Waals surface area contributed by atoms with Crippen LogP contribution in [0.5, 0.6) is 5.75 Å². The predicted octanol–water partition coefficient (Wildman–Crippen LogP) is 3.38. The van der Waals surface area contributed by atoms with Crippen molar-refractivity contribution in [3.05, 3.63) is 40.8 Å². The number of amides is 1. The third kappa shape index (κ3) is 4.04. The second-order valence-electron chi connectivity index (χ2n) is 4.67. The number of benzene rings is 1. The van der Waals surface area contributed by atoms with E-state index in [1.165, 1.54) is 12.1 Å². The highest BCUT2D eigenvalue weighted by molar-refractivity contribution is 9.10. The van der Waals surface area contributed by atoms with Crippen molar-refractivity contribution in [2.24, 2.45) is 0 Å². The van der Waals surface area contributed by atoms with Crippen LogP contribution in [0, 0.1) is 5.82 Å². The van der Waals surface area contributed by atoms with Gasteiger partial charge in [0.2, 0.25) is 0 Å². The van der Waals surface area contributed by atoms with Crippen molar-refractivity contribution in [1.82, 2.24) is 9.78 Å². The van der Waals surface area contributed by atoms with Crippen molar-refractivity contribution in [2.45, 2.75) is 19.9 Å². The number of aromatic nitrogens is 2. The third-order valence-corrected chi connectivity index (χ3v) is 3.17. The molecule has 1 amide bonds. The number of halogens is 2. The number of hydrogen-bond donors (Lipinski definition) is 1. The van der Waals surface area contributed by atoms with E-state index in [1.54, 1.807) is 23.0 Å². The molecule has 0 unspecified atom stereocenters. The van der Waals surface area contributed by atoms with Gasteiger partial charge >= 0.3 is 0 Å². The molecule has 0 bridgehead atoms. The van der Waals surface area contributed by atoms with Gasteiger partial charge in [0, 0.05) is 16.6 Å². The summed E-state index contributed by atoms with van der Waals surface area (Å²) in [4.78, 5) is 11.8. The molecule has 2 rings (SSSR count). The van der Waals surface area contributed by atoms with Gasteiger partial charge in [-0.1, -0.05) is 15.9 Å². The Morgan fingerprint density at radius 3 is 2.90 bits per heavy atom. The lowest BCUT2D eigenvalue weighted by atomic mass is 10.3. The summed E-state index contributed by atoms with van der Waals surface area (Å²) in [5.74, 6) is -0.287. The Morgan fingerprint density at radius 1 is 1.48 bits per heavy atom. The molecule has 2 aromatic rings. The second kappa shape index (κ2) is 6.71. The van der Waals surface area contributed by atoms with Crippen LogP contribution in [0.15, 0.2) is 34.9 Å². The predicted molar refractivity (Wildman–Crippen MR) is 80.8 cm³/mol. The minimum absolute atomic E-state index is 0.0331. The summed E-state index contributed by atoms with van der Waals surface area (Å²) >= 11 is 3.15. The molecule has 1 N–H and O–H groups in total. The van der Waals surface area contributed by atoms with E-state index < -0.39 is 5.82 Å². The Kier molecular flexibility index (Phi) is 4.95. The van der Waals surface area contributed by atoms with Crippen LogP contribution >= 0.6 is 15.9 Å². The van der Waals surface area contributed by atoms with Gasteiger partial charge < -0.3 is 10.1 Å². The lowest BCUT2D eigenvalue weighted by Crippen LogP contribution is -2.22. The van der Waals surface area contributed by atoms with Crippen LogP contribution in [-0.4, -0.2) is 22.3 Å². The van der Waals surface area contributed by atoms with E-state index in [-0.39, 0.29) is 24.3 Å². The molecule has 1 heterocycles. The zero-order chi connectivity index (χ0) is 15.4. The van der Waals surface area contributed by atoms with Crippen LogP contribution in [0.4, 0.5) is 10.2 Å². The van der Waals surface area contributed by atoms with E-state index in [4.69, 9.17) is 4.74 Å². The minimum atomic E-state index is -0.524. The molecule has 0 aliphatic rings. The fourth-order valence-electron chi connectivity index (χ4n) is 1.74. The van der Waals surface area contributed by atoms with Crippen LogP contribution in [0.1, 0.15) is 19.9 Å². The first-order chi connectivity index (χ1) is 9.97. The average Bonchev–Trinajstić information content (AvgIpc) is 2.86. The number of carbonyl (C=O) groups excluding carboxylic acids is 1. The highest BCUT2D eigenvalue weighted by Gasteiger charge is 2.11. The number of nitrogens with zero attached hydrogens (tertiary/aromatic N) is 2. The van der Waals surface area contributed by atoms with Crippen LogP contribution in [0.3, 0.4) is 0 Å². The van der Waals surface area contributed by atoms with E-state index in [0.29, 0.717) is 10.3 Å². The largest absolute Gasteiger partial charge is 0.481 e. The first-order valence-corrected chi connectivity index (χ1v) is 7.18. The molecule has 0 fully saturated rings. The highest BCUT2D eigenvalue weighted by atomic mass is 79.9. The van der Waals surface area contributed by atoms with Crippen LogP contribution in [0.25, 0.3) is 0 Å². The van der Waals surface area contributed by atoms with E-state index in [2.05, 4.69) is 26.3 Å². The van der Waals surface area contributed by atoms with E-state index in [0.717, 1.165) is 0 Å². The summed E-state index contributed by atoms with van der Waals surface area (Å²) in [6.45, 7) is 3.63. The maximum Gasteiger partial charge on any atom is 0.263 e. The summed E-state index contributed by atoms with van der Waals surface area (Å²) in [6, 6.07) is 6.20. The summed E-state index contributed by atoms with van der Waals surface area (Å²) in [7, 11) is 0. The smallest absolute Gasteiger partial charge is 0.263 e. The van der Waals surface area contributed by atoms with Gasteiger partial charge in [-0.25, -0.2) is 9.07 Å². The second-order valence-corrected chi connectivity index (χ2v) is 5.58.